The number of H-pyrrole nitrogens is 1. The van der Waals surface area contributed by atoms with Gasteiger partial charge in [-0.2, -0.15) is 5.10 Å². The number of pyridine rings is 1. The second kappa shape index (κ2) is 7.20. The summed E-state index contributed by atoms with van der Waals surface area (Å²) in [5.74, 6) is 1.91. The molecule has 9 nitrogen and oxygen atoms in total. The molecule has 1 aliphatic heterocycles. The lowest BCUT2D eigenvalue weighted by molar-refractivity contribution is 0.122. The molecule has 0 radical (unpaired) electrons. The monoisotopic (exact) mass is 374 g/mol. The molecule has 0 amide bonds. The Balaban J connectivity index is 1.57. The van der Waals surface area contributed by atoms with Gasteiger partial charge in [0.1, 0.15) is 0 Å². The van der Waals surface area contributed by atoms with Crippen LogP contribution in [0.15, 0.2) is 54.9 Å². The van der Waals surface area contributed by atoms with Crippen molar-refractivity contribution in [2.24, 2.45) is 0 Å². The summed E-state index contributed by atoms with van der Waals surface area (Å²) in [4.78, 5) is 12.6. The zero-order valence-corrected chi connectivity index (χ0v) is 15.1. The van der Waals surface area contributed by atoms with Crippen LogP contribution in [-0.2, 0) is 4.74 Å². The second-order valence-corrected chi connectivity index (χ2v) is 6.35. The maximum atomic E-state index is 5.48. The van der Waals surface area contributed by atoms with Gasteiger partial charge in [-0.1, -0.05) is 18.2 Å². The number of rotatable bonds is 4. The minimum absolute atomic E-state index is 0.572. The standard InChI is InChI=1S/C19H18N8O/c1-2-6-15(7-3-1)27-24-16(19(25-27)26-9-11-28-12-10-26)18-21-17(22-23-18)14-5-4-8-20-13-14/h1-8,13H,9-12H2,(H,21,22,23). The minimum atomic E-state index is 0.572. The fourth-order valence-corrected chi connectivity index (χ4v) is 3.11. The van der Waals surface area contributed by atoms with Crippen molar-refractivity contribution >= 4 is 5.82 Å². The number of morpholine rings is 1. The van der Waals surface area contributed by atoms with Crippen molar-refractivity contribution in [3.8, 4) is 28.6 Å². The first-order valence-corrected chi connectivity index (χ1v) is 9.07. The second-order valence-electron chi connectivity index (χ2n) is 6.35. The lowest BCUT2D eigenvalue weighted by Gasteiger charge is -2.26. The Kier molecular flexibility index (Phi) is 4.26. The van der Waals surface area contributed by atoms with Gasteiger partial charge in [0.2, 0.25) is 0 Å². The van der Waals surface area contributed by atoms with Gasteiger partial charge in [-0.15, -0.1) is 15.0 Å². The average molecular weight is 374 g/mol. The van der Waals surface area contributed by atoms with Gasteiger partial charge in [0.15, 0.2) is 23.2 Å². The first-order chi connectivity index (χ1) is 13.9. The van der Waals surface area contributed by atoms with Crippen molar-refractivity contribution in [3.63, 3.8) is 0 Å². The number of aromatic amines is 1. The molecule has 0 unspecified atom stereocenters. The van der Waals surface area contributed by atoms with Crippen LogP contribution in [0.1, 0.15) is 0 Å². The number of para-hydroxylation sites is 1. The van der Waals surface area contributed by atoms with Gasteiger partial charge in [0.05, 0.1) is 18.9 Å². The van der Waals surface area contributed by atoms with E-state index < -0.39 is 0 Å². The predicted molar refractivity (Wildman–Crippen MR) is 103 cm³/mol. The molecule has 9 heteroatoms. The fourth-order valence-electron chi connectivity index (χ4n) is 3.11. The molecule has 5 rings (SSSR count). The van der Waals surface area contributed by atoms with E-state index in [0.29, 0.717) is 30.6 Å². The van der Waals surface area contributed by atoms with Crippen LogP contribution in [0, 0.1) is 0 Å². The van der Waals surface area contributed by atoms with E-state index in [2.05, 4.69) is 25.1 Å². The van der Waals surface area contributed by atoms with E-state index in [1.807, 2.05) is 42.5 Å². The Labute approximate surface area is 161 Å². The highest BCUT2D eigenvalue weighted by Gasteiger charge is 2.24. The Morgan fingerprint density at radius 3 is 2.61 bits per heavy atom. The van der Waals surface area contributed by atoms with Crippen molar-refractivity contribution in [3.05, 3.63) is 54.9 Å². The molecule has 0 bridgehead atoms. The maximum absolute atomic E-state index is 5.48. The van der Waals surface area contributed by atoms with Crippen LogP contribution in [-0.4, -0.2) is 61.5 Å². The number of benzene rings is 1. The Morgan fingerprint density at radius 2 is 1.82 bits per heavy atom. The van der Waals surface area contributed by atoms with Crippen LogP contribution >= 0.6 is 0 Å². The summed E-state index contributed by atoms with van der Waals surface area (Å²) in [5.41, 5.74) is 2.39. The highest BCUT2D eigenvalue weighted by atomic mass is 16.5. The van der Waals surface area contributed by atoms with E-state index in [1.54, 1.807) is 17.2 Å². The molecule has 0 spiro atoms. The summed E-state index contributed by atoms with van der Waals surface area (Å²) in [6, 6.07) is 13.6. The number of aromatic nitrogens is 7. The summed E-state index contributed by atoms with van der Waals surface area (Å²) in [5, 5.41) is 16.8. The third kappa shape index (κ3) is 3.12. The highest BCUT2D eigenvalue weighted by Crippen LogP contribution is 2.27. The number of hydrogen-bond donors (Lipinski definition) is 1. The maximum Gasteiger partial charge on any atom is 0.183 e. The van der Waals surface area contributed by atoms with Gasteiger partial charge in [-0.3, -0.25) is 10.1 Å². The first kappa shape index (κ1) is 16.6. The van der Waals surface area contributed by atoms with Crippen molar-refractivity contribution in [2.75, 3.05) is 31.2 Å². The quantitative estimate of drug-likeness (QED) is 0.583. The molecule has 28 heavy (non-hydrogen) atoms. The molecule has 4 heterocycles. The SMILES string of the molecule is c1ccc(-n2nc(-c3nc(-c4cccnc4)n[nH]3)c(N3CCOCC3)n2)cc1. The van der Waals surface area contributed by atoms with Gasteiger partial charge in [0, 0.05) is 31.0 Å². The van der Waals surface area contributed by atoms with Gasteiger partial charge < -0.3 is 9.64 Å². The van der Waals surface area contributed by atoms with Crippen LogP contribution in [0.5, 0.6) is 0 Å². The third-order valence-electron chi connectivity index (χ3n) is 4.52. The Hall–Kier alpha value is -3.59. The highest BCUT2D eigenvalue weighted by molar-refractivity contribution is 5.68. The molecule has 0 aliphatic carbocycles. The molecular weight excluding hydrogens is 356 g/mol. The predicted octanol–water partition coefficient (Wildman–Crippen LogP) is 1.95. The molecule has 1 N–H and O–H groups in total. The summed E-state index contributed by atoms with van der Waals surface area (Å²) < 4.78 is 5.48. The van der Waals surface area contributed by atoms with E-state index in [9.17, 15) is 0 Å². The first-order valence-electron chi connectivity index (χ1n) is 9.07. The average Bonchev–Trinajstić information content (AvgIpc) is 3.43. The molecule has 1 aliphatic rings. The smallest absolute Gasteiger partial charge is 0.183 e. The Morgan fingerprint density at radius 1 is 0.964 bits per heavy atom. The lowest BCUT2D eigenvalue weighted by atomic mass is 10.3. The van der Waals surface area contributed by atoms with Crippen molar-refractivity contribution < 1.29 is 4.74 Å². The van der Waals surface area contributed by atoms with E-state index in [1.165, 1.54) is 0 Å². The lowest BCUT2D eigenvalue weighted by Crippen LogP contribution is -2.36. The van der Waals surface area contributed by atoms with Crippen molar-refractivity contribution in [1.82, 2.24) is 35.2 Å². The number of nitrogens with zero attached hydrogens (tertiary/aromatic N) is 7. The van der Waals surface area contributed by atoms with Gasteiger partial charge in [-0.25, -0.2) is 4.98 Å². The van der Waals surface area contributed by atoms with Crippen molar-refractivity contribution in [1.29, 1.82) is 0 Å². The summed E-state index contributed by atoms with van der Waals surface area (Å²) >= 11 is 0. The zero-order valence-electron chi connectivity index (χ0n) is 15.1. The van der Waals surface area contributed by atoms with Crippen LogP contribution in [0.3, 0.4) is 0 Å². The van der Waals surface area contributed by atoms with Gasteiger partial charge >= 0.3 is 0 Å². The third-order valence-corrected chi connectivity index (χ3v) is 4.52. The summed E-state index contributed by atoms with van der Waals surface area (Å²) in [6.07, 6.45) is 3.45. The van der Waals surface area contributed by atoms with Gasteiger partial charge in [-0.05, 0) is 24.3 Å². The van der Waals surface area contributed by atoms with E-state index in [-0.39, 0.29) is 0 Å². The van der Waals surface area contributed by atoms with Crippen LogP contribution in [0.2, 0.25) is 0 Å². The molecule has 1 fully saturated rings. The van der Waals surface area contributed by atoms with Crippen LogP contribution < -0.4 is 4.90 Å². The molecule has 3 aromatic heterocycles. The number of nitrogens with one attached hydrogen (secondary N) is 1. The molecule has 4 aromatic rings. The largest absolute Gasteiger partial charge is 0.378 e. The van der Waals surface area contributed by atoms with E-state index >= 15 is 0 Å². The number of anilines is 1. The summed E-state index contributed by atoms with van der Waals surface area (Å²) in [6.45, 7) is 2.83. The van der Waals surface area contributed by atoms with Crippen LogP contribution in [0.4, 0.5) is 5.82 Å². The number of ether oxygens (including phenoxy) is 1. The summed E-state index contributed by atoms with van der Waals surface area (Å²) in [7, 11) is 0. The molecule has 1 aromatic carbocycles. The topological polar surface area (TPSA) is 97.6 Å². The van der Waals surface area contributed by atoms with E-state index in [4.69, 9.17) is 14.9 Å². The normalized spacial score (nSPS) is 14.4. The fraction of sp³-hybridized carbons (Fsp3) is 0.211. The number of hydrogen-bond acceptors (Lipinski definition) is 7. The molecule has 1 saturated heterocycles. The molecule has 140 valence electrons. The van der Waals surface area contributed by atoms with Crippen LogP contribution in [0.25, 0.3) is 28.6 Å². The zero-order chi connectivity index (χ0) is 18.8. The van der Waals surface area contributed by atoms with Gasteiger partial charge in [0.25, 0.3) is 0 Å². The molecular formula is C19H18N8O. The Bertz CT molecular complexity index is 1050. The molecule has 0 atom stereocenters. The van der Waals surface area contributed by atoms with E-state index in [0.717, 1.165) is 30.2 Å². The molecule has 0 saturated carbocycles. The minimum Gasteiger partial charge on any atom is -0.378 e. The van der Waals surface area contributed by atoms with Crippen molar-refractivity contribution in [2.45, 2.75) is 0 Å².